The van der Waals surface area contributed by atoms with Crippen molar-refractivity contribution in [2.45, 2.75) is 197 Å². The summed E-state index contributed by atoms with van der Waals surface area (Å²) in [5.74, 6) is 0.359. The van der Waals surface area contributed by atoms with E-state index >= 15 is 0 Å². The third-order valence-electron chi connectivity index (χ3n) is 15.5. The van der Waals surface area contributed by atoms with E-state index in [2.05, 4.69) is 13.8 Å². The first kappa shape index (κ1) is 51.1. The zero-order valence-electron chi connectivity index (χ0n) is 40.4. The lowest BCUT2D eigenvalue weighted by Crippen LogP contribution is -2.58. The van der Waals surface area contributed by atoms with E-state index in [0.717, 1.165) is 18.3 Å². The molecule has 0 spiro atoms. The Kier molecular flexibility index (Phi) is 16.9. The van der Waals surface area contributed by atoms with Gasteiger partial charge in [-0.3, -0.25) is 24.0 Å². The van der Waals surface area contributed by atoms with Crippen molar-refractivity contribution in [2.75, 3.05) is 19.8 Å². The predicted molar refractivity (Wildman–Crippen MR) is 228 cm³/mol. The van der Waals surface area contributed by atoms with E-state index < -0.39 is 90.5 Å². The van der Waals surface area contributed by atoms with Gasteiger partial charge >= 0.3 is 29.8 Å². The second kappa shape index (κ2) is 20.8. The van der Waals surface area contributed by atoms with E-state index in [1.54, 1.807) is 20.8 Å². The molecule has 0 aromatic rings. The molecule has 4 aliphatic carbocycles. The molecule has 63 heavy (non-hydrogen) atoms. The van der Waals surface area contributed by atoms with Gasteiger partial charge in [-0.2, -0.15) is 0 Å². The second-order valence-corrected chi connectivity index (χ2v) is 21.0. The van der Waals surface area contributed by atoms with E-state index in [1.807, 2.05) is 41.5 Å². The van der Waals surface area contributed by atoms with Crippen LogP contribution in [0.5, 0.6) is 0 Å². The van der Waals surface area contributed by atoms with Crippen LogP contribution in [0, 0.1) is 58.2 Å². The molecule has 4 bridgehead atoms. The Balaban J connectivity index is 0.000000324. The van der Waals surface area contributed by atoms with Gasteiger partial charge in [-0.05, 0) is 109 Å². The molecule has 3 heterocycles. The van der Waals surface area contributed by atoms with Crippen LogP contribution in [0.15, 0.2) is 0 Å². The predicted octanol–water partition coefficient (Wildman–Crippen LogP) is 7.33. The fraction of sp³-hybridized carbons (Fsp3) is 0.896. The molecule has 360 valence electrons. The summed E-state index contributed by atoms with van der Waals surface area (Å²) in [4.78, 5) is 61.2. The smallest absolute Gasteiger partial charge is 0.313 e. The largest absolute Gasteiger partial charge is 0.458 e. The Morgan fingerprint density at radius 2 is 0.921 bits per heavy atom. The third-order valence-corrected chi connectivity index (χ3v) is 15.5. The van der Waals surface area contributed by atoms with E-state index in [1.165, 1.54) is 52.9 Å². The van der Waals surface area contributed by atoms with Crippen molar-refractivity contribution in [1.82, 2.24) is 0 Å². The van der Waals surface area contributed by atoms with Crippen LogP contribution in [-0.4, -0.2) is 105 Å². The van der Waals surface area contributed by atoms with Crippen LogP contribution in [0.2, 0.25) is 0 Å². The number of carbonyl (C=O) groups excluding carboxylic acids is 5. The van der Waals surface area contributed by atoms with Crippen molar-refractivity contribution in [2.24, 2.45) is 58.2 Å². The van der Waals surface area contributed by atoms with Gasteiger partial charge in [-0.15, -0.1) is 0 Å². The number of esters is 5. The van der Waals surface area contributed by atoms with Crippen molar-refractivity contribution in [3.05, 3.63) is 0 Å². The number of rotatable bonds is 13. The topological polar surface area (TPSA) is 178 Å². The van der Waals surface area contributed by atoms with Crippen molar-refractivity contribution < 1.29 is 71.3 Å². The minimum atomic E-state index is -1.12. The van der Waals surface area contributed by atoms with Gasteiger partial charge in [0.2, 0.25) is 6.29 Å². The normalized spacial score (nSPS) is 39.8. The lowest BCUT2D eigenvalue weighted by atomic mass is 9.50. The lowest BCUT2D eigenvalue weighted by molar-refractivity contribution is -0.333. The van der Waals surface area contributed by atoms with Crippen molar-refractivity contribution in [3.8, 4) is 0 Å². The Morgan fingerprint density at radius 1 is 0.540 bits per heavy atom. The number of ether oxygens (including phenoxy) is 10. The van der Waals surface area contributed by atoms with Gasteiger partial charge < -0.3 is 47.4 Å². The molecule has 0 aromatic carbocycles. The Labute approximate surface area is 375 Å². The molecule has 0 amide bonds. The highest BCUT2D eigenvalue weighted by molar-refractivity contribution is 5.76. The molecule has 7 aliphatic rings. The summed E-state index contributed by atoms with van der Waals surface area (Å²) in [5, 5.41) is 0. The molecule has 15 nitrogen and oxygen atoms in total. The Bertz CT molecular complexity index is 1580. The molecule has 15 heteroatoms. The molecule has 12 atom stereocenters. The highest BCUT2D eigenvalue weighted by Crippen LogP contribution is 2.59. The molecule has 0 N–H and O–H groups in total. The zero-order valence-corrected chi connectivity index (χ0v) is 40.4. The SMILES string of the molecule is CCC(C)(C)C(=O)OC1(C)C2CC3CC(C2)CC1C3.CCC(C)(C)C(=O)OC1OCC(OC2OCC(OC3OCC(C)C(C)C3OC(C)=O)C(C)C2OC(C)=O)C(C)C1OC(C)=O. The maximum atomic E-state index is 12.8. The highest BCUT2D eigenvalue weighted by Gasteiger charge is 2.58. The van der Waals surface area contributed by atoms with Gasteiger partial charge in [-0.25, -0.2) is 0 Å². The average molecular weight is 895 g/mol. The number of hydrogen-bond acceptors (Lipinski definition) is 15. The van der Waals surface area contributed by atoms with Gasteiger partial charge in [0.1, 0.15) is 5.60 Å². The van der Waals surface area contributed by atoms with Gasteiger partial charge in [0, 0.05) is 38.5 Å². The number of hydrogen-bond donors (Lipinski definition) is 0. The molecule has 12 unspecified atom stereocenters. The van der Waals surface area contributed by atoms with E-state index in [4.69, 9.17) is 47.4 Å². The monoisotopic (exact) mass is 895 g/mol. The van der Waals surface area contributed by atoms with E-state index in [-0.39, 0.29) is 42.0 Å². The standard InChI is InChI=1S/C31H50O13.C17H28O2/c1-11-31(9,10)30(35)44-29-26(41-21(8)34)18(5)23(14-38-29)43-28-25(40-20(7)33)17(4)22(13-37-28)42-27-24(39-19(6)32)16(3)15(2)12-36-27;1-5-16(2,3)15(18)19-17(4)13-7-11-6-12(9-13)10-14(17)8-11/h15-18,22-29H,11-14H2,1-10H3;11-14H,5-10H2,1-4H3. The van der Waals surface area contributed by atoms with E-state index in [9.17, 15) is 24.0 Å². The fourth-order valence-electron chi connectivity index (χ4n) is 10.1. The zero-order chi connectivity index (χ0) is 46.8. The summed E-state index contributed by atoms with van der Waals surface area (Å²) in [6, 6.07) is 0. The summed E-state index contributed by atoms with van der Waals surface area (Å²) in [5.41, 5.74) is -1.26. The van der Waals surface area contributed by atoms with Crippen LogP contribution in [-0.2, 0) is 71.3 Å². The molecule has 7 rings (SSSR count). The molecule has 4 saturated carbocycles. The van der Waals surface area contributed by atoms with Crippen LogP contribution in [0.3, 0.4) is 0 Å². The van der Waals surface area contributed by atoms with E-state index in [0.29, 0.717) is 24.9 Å². The summed E-state index contributed by atoms with van der Waals surface area (Å²) in [7, 11) is 0. The quantitative estimate of drug-likeness (QED) is 0.133. The maximum absolute atomic E-state index is 12.8. The highest BCUT2D eigenvalue weighted by atomic mass is 16.8. The maximum Gasteiger partial charge on any atom is 0.313 e. The fourth-order valence-corrected chi connectivity index (χ4v) is 10.1. The molecule has 0 radical (unpaired) electrons. The minimum Gasteiger partial charge on any atom is -0.458 e. The minimum absolute atomic E-state index is 0.000441. The Hall–Kier alpha value is -2.85. The van der Waals surface area contributed by atoms with Crippen LogP contribution >= 0.6 is 0 Å². The van der Waals surface area contributed by atoms with Crippen LogP contribution < -0.4 is 0 Å². The van der Waals surface area contributed by atoms with Crippen LogP contribution in [0.1, 0.15) is 142 Å². The molecule has 3 saturated heterocycles. The van der Waals surface area contributed by atoms with Crippen molar-refractivity contribution in [3.63, 3.8) is 0 Å². The molecule has 3 aliphatic heterocycles. The molecular weight excluding hydrogens is 817 g/mol. The Morgan fingerprint density at radius 3 is 1.35 bits per heavy atom. The average Bonchev–Trinajstić information content (AvgIpc) is 3.20. The summed E-state index contributed by atoms with van der Waals surface area (Å²) in [6.07, 6.45) is 1.38. The van der Waals surface area contributed by atoms with Crippen LogP contribution in [0.4, 0.5) is 0 Å². The first-order chi connectivity index (χ1) is 29.4. The first-order valence-corrected chi connectivity index (χ1v) is 23.5. The van der Waals surface area contributed by atoms with Gasteiger partial charge in [0.25, 0.3) is 0 Å². The summed E-state index contributed by atoms with van der Waals surface area (Å²) in [6.45, 7) is 25.8. The second-order valence-electron chi connectivity index (χ2n) is 21.0. The van der Waals surface area contributed by atoms with Crippen LogP contribution in [0.25, 0.3) is 0 Å². The molecule has 0 aromatic heterocycles. The third kappa shape index (κ3) is 11.9. The van der Waals surface area contributed by atoms with Gasteiger partial charge in [0.05, 0.1) is 42.9 Å². The molecule has 7 fully saturated rings. The lowest BCUT2D eigenvalue weighted by Gasteiger charge is -2.59. The number of carbonyl (C=O) groups is 5. The summed E-state index contributed by atoms with van der Waals surface area (Å²) >= 11 is 0. The first-order valence-electron chi connectivity index (χ1n) is 23.5. The van der Waals surface area contributed by atoms with Gasteiger partial charge in [0.15, 0.2) is 30.9 Å². The van der Waals surface area contributed by atoms with Crippen molar-refractivity contribution in [1.29, 1.82) is 0 Å². The van der Waals surface area contributed by atoms with Crippen molar-refractivity contribution >= 4 is 29.8 Å². The summed E-state index contributed by atoms with van der Waals surface area (Å²) < 4.78 is 59.0. The molecular formula is C48H78O15. The van der Waals surface area contributed by atoms with Gasteiger partial charge in [-0.1, -0.05) is 41.5 Å².